The molecule has 8 nitrogen and oxygen atoms in total. The average Bonchev–Trinajstić information content (AvgIpc) is 3.12. The SMILES string of the molecule is CCC(Nc1nc2c([N+](=O)[O-])cccc2o1)c1ncc[nH]1. The number of oxazole rings is 1. The summed E-state index contributed by atoms with van der Waals surface area (Å²) in [5, 5.41) is 14.1. The van der Waals surface area contributed by atoms with Crippen LogP contribution in [-0.4, -0.2) is 19.9 Å². The van der Waals surface area contributed by atoms with Crippen LogP contribution < -0.4 is 5.32 Å². The molecule has 1 atom stereocenters. The summed E-state index contributed by atoms with van der Waals surface area (Å²) >= 11 is 0. The topological polar surface area (TPSA) is 110 Å². The Labute approximate surface area is 119 Å². The second-order valence-electron chi connectivity index (χ2n) is 4.48. The number of benzene rings is 1. The molecule has 2 aromatic heterocycles. The lowest BCUT2D eigenvalue weighted by Crippen LogP contribution is -2.11. The number of fused-ring (bicyclic) bond motifs is 1. The number of aromatic amines is 1. The molecule has 108 valence electrons. The number of para-hydroxylation sites is 1. The van der Waals surface area contributed by atoms with Crippen molar-refractivity contribution in [2.24, 2.45) is 0 Å². The molecule has 0 aliphatic carbocycles. The van der Waals surface area contributed by atoms with Crippen LogP contribution in [0.5, 0.6) is 0 Å². The summed E-state index contributed by atoms with van der Waals surface area (Å²) in [7, 11) is 0. The van der Waals surface area contributed by atoms with Gasteiger partial charge in [-0.1, -0.05) is 13.0 Å². The molecule has 0 aliphatic rings. The number of aromatic nitrogens is 3. The first-order chi connectivity index (χ1) is 10.2. The van der Waals surface area contributed by atoms with Gasteiger partial charge in [0.2, 0.25) is 0 Å². The molecule has 8 heteroatoms. The lowest BCUT2D eigenvalue weighted by Gasteiger charge is -2.12. The van der Waals surface area contributed by atoms with Gasteiger partial charge in [-0.15, -0.1) is 0 Å². The van der Waals surface area contributed by atoms with Crippen molar-refractivity contribution in [3.63, 3.8) is 0 Å². The van der Waals surface area contributed by atoms with Crippen LogP contribution in [0.4, 0.5) is 11.7 Å². The third-order valence-electron chi connectivity index (χ3n) is 3.15. The first kappa shape index (κ1) is 13.1. The van der Waals surface area contributed by atoms with Gasteiger partial charge < -0.3 is 14.7 Å². The van der Waals surface area contributed by atoms with Crippen molar-refractivity contribution in [1.82, 2.24) is 15.0 Å². The Balaban J connectivity index is 1.94. The largest absolute Gasteiger partial charge is 0.423 e. The van der Waals surface area contributed by atoms with E-state index in [4.69, 9.17) is 4.42 Å². The van der Waals surface area contributed by atoms with Gasteiger partial charge in [-0.05, 0) is 12.5 Å². The van der Waals surface area contributed by atoms with E-state index >= 15 is 0 Å². The fourth-order valence-corrected chi connectivity index (χ4v) is 2.12. The minimum absolute atomic E-state index is 0.0738. The van der Waals surface area contributed by atoms with Gasteiger partial charge in [0, 0.05) is 18.5 Å². The Morgan fingerprint density at radius 3 is 3.05 bits per heavy atom. The second kappa shape index (κ2) is 5.23. The lowest BCUT2D eigenvalue weighted by atomic mass is 10.2. The van der Waals surface area contributed by atoms with Crippen molar-refractivity contribution in [2.45, 2.75) is 19.4 Å². The van der Waals surface area contributed by atoms with E-state index in [9.17, 15) is 10.1 Å². The number of anilines is 1. The molecule has 1 unspecified atom stereocenters. The van der Waals surface area contributed by atoms with Crippen LogP contribution in [-0.2, 0) is 0 Å². The highest BCUT2D eigenvalue weighted by atomic mass is 16.6. The van der Waals surface area contributed by atoms with Gasteiger partial charge in [0.05, 0.1) is 11.0 Å². The molecule has 0 fully saturated rings. The highest BCUT2D eigenvalue weighted by Gasteiger charge is 2.19. The number of rotatable bonds is 5. The summed E-state index contributed by atoms with van der Waals surface area (Å²) in [5.74, 6) is 0.759. The summed E-state index contributed by atoms with van der Waals surface area (Å²) in [6, 6.07) is 4.75. The normalized spacial score (nSPS) is 12.4. The predicted octanol–water partition coefficient (Wildman–Crippen LogP) is 3.02. The van der Waals surface area contributed by atoms with E-state index in [0.29, 0.717) is 5.58 Å². The van der Waals surface area contributed by atoms with E-state index in [0.717, 1.165) is 12.2 Å². The summed E-state index contributed by atoms with van der Waals surface area (Å²) in [4.78, 5) is 21.9. The van der Waals surface area contributed by atoms with Crippen LogP contribution in [0.2, 0.25) is 0 Å². The molecule has 0 amide bonds. The van der Waals surface area contributed by atoms with Crippen LogP contribution in [0.3, 0.4) is 0 Å². The standard InChI is InChI=1S/C13H13N5O3/c1-2-8(12-14-6-7-15-12)16-13-17-11-9(18(19)20)4-3-5-10(11)21-13/h3-8H,2H2,1H3,(H,14,15)(H,16,17). The summed E-state index contributed by atoms with van der Waals surface area (Å²) in [5.41, 5.74) is 0.538. The van der Waals surface area contributed by atoms with Crippen LogP contribution in [0.25, 0.3) is 11.1 Å². The first-order valence-corrected chi connectivity index (χ1v) is 6.48. The zero-order valence-corrected chi connectivity index (χ0v) is 11.2. The molecule has 1 aromatic carbocycles. The van der Waals surface area contributed by atoms with Gasteiger partial charge in [-0.2, -0.15) is 4.98 Å². The third-order valence-corrected chi connectivity index (χ3v) is 3.15. The number of nitrogens with zero attached hydrogens (tertiary/aromatic N) is 3. The number of H-pyrrole nitrogens is 1. The average molecular weight is 287 g/mol. The monoisotopic (exact) mass is 287 g/mol. The minimum Gasteiger partial charge on any atom is -0.423 e. The molecule has 0 aliphatic heterocycles. The smallest absolute Gasteiger partial charge is 0.298 e. The van der Waals surface area contributed by atoms with Crippen LogP contribution in [0.1, 0.15) is 25.2 Å². The van der Waals surface area contributed by atoms with E-state index in [2.05, 4.69) is 20.3 Å². The highest BCUT2D eigenvalue weighted by molar-refractivity contribution is 5.84. The summed E-state index contributed by atoms with van der Waals surface area (Å²) in [6.07, 6.45) is 4.15. The molecule has 2 heterocycles. The van der Waals surface area contributed by atoms with Crippen LogP contribution >= 0.6 is 0 Å². The van der Waals surface area contributed by atoms with Gasteiger partial charge in [0.1, 0.15) is 5.82 Å². The molecule has 21 heavy (non-hydrogen) atoms. The van der Waals surface area contributed by atoms with Crippen molar-refractivity contribution < 1.29 is 9.34 Å². The molecule has 0 radical (unpaired) electrons. The summed E-state index contributed by atoms with van der Waals surface area (Å²) < 4.78 is 5.52. The number of nitro benzene ring substituents is 1. The van der Waals surface area contributed by atoms with Crippen molar-refractivity contribution >= 4 is 22.8 Å². The Morgan fingerprint density at radius 2 is 2.38 bits per heavy atom. The number of nitrogens with one attached hydrogen (secondary N) is 2. The van der Waals surface area contributed by atoms with Gasteiger partial charge in [-0.25, -0.2) is 4.98 Å². The quantitative estimate of drug-likeness (QED) is 0.551. The molecule has 3 rings (SSSR count). The van der Waals surface area contributed by atoms with Gasteiger partial charge >= 0.3 is 0 Å². The Morgan fingerprint density at radius 1 is 1.52 bits per heavy atom. The number of hydrogen-bond acceptors (Lipinski definition) is 6. The van der Waals surface area contributed by atoms with Crippen molar-refractivity contribution in [3.05, 3.63) is 46.5 Å². The van der Waals surface area contributed by atoms with Gasteiger partial charge in [-0.3, -0.25) is 10.1 Å². The number of hydrogen-bond donors (Lipinski definition) is 2. The number of imidazole rings is 1. The third kappa shape index (κ3) is 2.42. The molecule has 0 spiro atoms. The fraction of sp³-hybridized carbons (Fsp3) is 0.231. The number of nitro groups is 1. The molecular formula is C13H13N5O3. The summed E-state index contributed by atoms with van der Waals surface area (Å²) in [6.45, 7) is 1.99. The molecular weight excluding hydrogens is 274 g/mol. The first-order valence-electron chi connectivity index (χ1n) is 6.48. The van der Waals surface area contributed by atoms with Crippen molar-refractivity contribution in [1.29, 1.82) is 0 Å². The molecule has 0 saturated carbocycles. The lowest BCUT2D eigenvalue weighted by molar-refractivity contribution is -0.383. The van der Waals surface area contributed by atoms with Gasteiger partial charge in [0.25, 0.3) is 11.7 Å². The maximum atomic E-state index is 11.0. The Bertz CT molecular complexity index is 765. The van der Waals surface area contributed by atoms with Crippen LogP contribution in [0.15, 0.2) is 35.0 Å². The molecule has 3 aromatic rings. The Hall–Kier alpha value is -2.90. The maximum absolute atomic E-state index is 11.0. The zero-order valence-electron chi connectivity index (χ0n) is 11.2. The molecule has 2 N–H and O–H groups in total. The van der Waals surface area contributed by atoms with Crippen LogP contribution in [0, 0.1) is 10.1 Å². The zero-order chi connectivity index (χ0) is 14.8. The van der Waals surface area contributed by atoms with Gasteiger partial charge in [0.15, 0.2) is 11.1 Å². The molecule has 0 bridgehead atoms. The van der Waals surface area contributed by atoms with E-state index in [1.807, 2.05) is 6.92 Å². The minimum atomic E-state index is -0.474. The predicted molar refractivity (Wildman–Crippen MR) is 75.9 cm³/mol. The fourth-order valence-electron chi connectivity index (χ4n) is 2.12. The number of non-ortho nitro benzene ring substituents is 1. The Kier molecular flexibility index (Phi) is 3.27. The van der Waals surface area contributed by atoms with Crippen molar-refractivity contribution in [3.8, 4) is 0 Å². The molecule has 0 saturated heterocycles. The second-order valence-corrected chi connectivity index (χ2v) is 4.48. The van der Waals surface area contributed by atoms with E-state index in [-0.39, 0.29) is 23.3 Å². The van der Waals surface area contributed by atoms with E-state index in [1.54, 1.807) is 24.5 Å². The maximum Gasteiger partial charge on any atom is 0.298 e. The van der Waals surface area contributed by atoms with Crippen molar-refractivity contribution in [2.75, 3.05) is 5.32 Å². The highest BCUT2D eigenvalue weighted by Crippen LogP contribution is 2.29. The van der Waals surface area contributed by atoms with E-state index in [1.165, 1.54) is 6.07 Å². The van der Waals surface area contributed by atoms with E-state index < -0.39 is 4.92 Å².